The fourth-order valence-corrected chi connectivity index (χ4v) is 6.29. The summed E-state index contributed by atoms with van der Waals surface area (Å²) in [5.41, 5.74) is -1.61. The SMILES string of the molecule is C[C@@H]1CN2c3c(cc4c(N5C(=O)OC[C@@H]5C)noc4c3F)CC3(C(=O)NC(=O)NC3=O)[C@H]2[C@H](C)N1C#N. The topological polar surface area (TPSA) is 161 Å². The molecule has 0 radical (unpaired) electrons. The summed E-state index contributed by atoms with van der Waals surface area (Å²) in [5, 5.41) is 18.3. The maximum Gasteiger partial charge on any atom is 0.416 e. The number of nitrogens with zero attached hydrogens (tertiary/aromatic N) is 5. The number of benzene rings is 1. The molecule has 1 aromatic heterocycles. The number of fused-ring (bicyclic) bond motifs is 5. The first-order chi connectivity index (χ1) is 17.6. The van der Waals surface area contributed by atoms with Gasteiger partial charge < -0.3 is 19.1 Å². The number of halogens is 1. The van der Waals surface area contributed by atoms with Crippen LogP contribution in [0.3, 0.4) is 0 Å². The van der Waals surface area contributed by atoms with Gasteiger partial charge in [-0.25, -0.2) is 14.0 Å². The highest BCUT2D eigenvalue weighted by Crippen LogP contribution is 2.50. The van der Waals surface area contributed by atoms with Crippen molar-refractivity contribution in [3.63, 3.8) is 0 Å². The van der Waals surface area contributed by atoms with Gasteiger partial charge in [-0.05, 0) is 32.4 Å². The van der Waals surface area contributed by atoms with Crippen molar-refractivity contribution in [1.82, 2.24) is 20.7 Å². The highest BCUT2D eigenvalue weighted by atomic mass is 19.1. The molecule has 2 aromatic rings. The van der Waals surface area contributed by atoms with Gasteiger partial charge in [0.1, 0.15) is 6.61 Å². The number of nitrogens with one attached hydrogen (secondary N) is 2. The largest absolute Gasteiger partial charge is 0.447 e. The third-order valence-electron chi connectivity index (χ3n) is 7.86. The minimum absolute atomic E-state index is 0.0617. The van der Waals surface area contributed by atoms with E-state index in [2.05, 4.69) is 22.0 Å². The van der Waals surface area contributed by atoms with Crippen LogP contribution < -0.4 is 20.4 Å². The number of cyclic esters (lactones) is 1. The van der Waals surface area contributed by atoms with E-state index in [-0.39, 0.29) is 54.1 Å². The van der Waals surface area contributed by atoms with Gasteiger partial charge in [0.2, 0.25) is 17.4 Å². The molecule has 2 N–H and O–H groups in total. The summed E-state index contributed by atoms with van der Waals surface area (Å²) in [6.45, 7) is 5.45. The van der Waals surface area contributed by atoms with Crippen molar-refractivity contribution in [2.75, 3.05) is 23.0 Å². The predicted molar refractivity (Wildman–Crippen MR) is 123 cm³/mol. The van der Waals surface area contributed by atoms with E-state index < -0.39 is 47.3 Å². The Morgan fingerprint density at radius 3 is 2.49 bits per heavy atom. The Kier molecular flexibility index (Phi) is 4.69. The number of rotatable bonds is 1. The van der Waals surface area contributed by atoms with Crippen molar-refractivity contribution in [2.45, 2.75) is 51.4 Å². The Labute approximate surface area is 209 Å². The minimum atomic E-state index is -1.84. The summed E-state index contributed by atoms with van der Waals surface area (Å²) in [4.78, 5) is 55.5. The van der Waals surface area contributed by atoms with E-state index in [9.17, 15) is 24.4 Å². The molecule has 5 amide bonds. The van der Waals surface area contributed by atoms with E-state index in [0.717, 1.165) is 0 Å². The lowest BCUT2D eigenvalue weighted by Crippen LogP contribution is -2.77. The summed E-state index contributed by atoms with van der Waals surface area (Å²) < 4.78 is 26.6. The molecule has 0 aliphatic carbocycles. The molecule has 1 aromatic carbocycles. The van der Waals surface area contributed by atoms with E-state index in [1.807, 2.05) is 0 Å². The van der Waals surface area contributed by atoms with Crippen LogP contribution in [0.15, 0.2) is 10.6 Å². The van der Waals surface area contributed by atoms with Crippen LogP contribution >= 0.6 is 0 Å². The first-order valence-corrected chi connectivity index (χ1v) is 11.8. The second kappa shape index (κ2) is 7.55. The molecular weight excluding hydrogens is 489 g/mol. The van der Waals surface area contributed by atoms with Gasteiger partial charge in [-0.1, -0.05) is 5.16 Å². The molecule has 0 unspecified atom stereocenters. The molecule has 14 heteroatoms. The minimum Gasteiger partial charge on any atom is -0.447 e. The Balaban J connectivity index is 1.59. The molecule has 5 heterocycles. The second-order valence-corrected chi connectivity index (χ2v) is 9.96. The molecule has 4 aliphatic rings. The number of hydrogen-bond donors (Lipinski definition) is 2. The first kappa shape index (κ1) is 23.0. The Hall–Kier alpha value is -4.41. The molecule has 0 bridgehead atoms. The van der Waals surface area contributed by atoms with Crippen LogP contribution in [0.5, 0.6) is 0 Å². The Morgan fingerprint density at radius 2 is 1.86 bits per heavy atom. The summed E-state index contributed by atoms with van der Waals surface area (Å²) in [6, 6.07) is -1.82. The van der Waals surface area contributed by atoms with Crippen molar-refractivity contribution < 1.29 is 32.8 Å². The number of carbonyl (C=O) groups is 4. The molecule has 37 heavy (non-hydrogen) atoms. The summed E-state index contributed by atoms with van der Waals surface area (Å²) in [7, 11) is 0. The monoisotopic (exact) mass is 511 g/mol. The van der Waals surface area contributed by atoms with Gasteiger partial charge in [0.05, 0.1) is 35.2 Å². The lowest BCUT2D eigenvalue weighted by molar-refractivity contribution is -0.148. The molecule has 192 valence electrons. The summed E-state index contributed by atoms with van der Waals surface area (Å²) in [5.74, 6) is -2.36. The van der Waals surface area contributed by atoms with Crippen molar-refractivity contribution >= 4 is 46.4 Å². The molecule has 4 aliphatic heterocycles. The van der Waals surface area contributed by atoms with Gasteiger partial charge in [-0.2, -0.15) is 5.26 Å². The number of imide groups is 2. The van der Waals surface area contributed by atoms with Crippen LogP contribution in [0.4, 0.5) is 25.5 Å². The lowest BCUT2D eigenvalue weighted by Gasteiger charge is -2.57. The molecule has 3 fully saturated rings. The normalized spacial score (nSPS) is 28.6. The number of ether oxygens (including phenoxy) is 1. The zero-order chi connectivity index (χ0) is 26.4. The average molecular weight is 511 g/mol. The van der Waals surface area contributed by atoms with Crippen molar-refractivity contribution in [2.24, 2.45) is 5.41 Å². The number of barbiturate groups is 1. The Morgan fingerprint density at radius 1 is 1.16 bits per heavy atom. The van der Waals surface area contributed by atoms with E-state index in [1.54, 1.807) is 31.7 Å². The van der Waals surface area contributed by atoms with Crippen molar-refractivity contribution in [1.29, 1.82) is 5.26 Å². The van der Waals surface area contributed by atoms with Gasteiger partial charge in [-0.3, -0.25) is 25.1 Å². The van der Waals surface area contributed by atoms with Gasteiger partial charge >= 0.3 is 12.1 Å². The Bertz CT molecular complexity index is 1430. The van der Waals surface area contributed by atoms with Gasteiger partial charge in [0, 0.05) is 13.0 Å². The fraction of sp³-hybridized carbons (Fsp3) is 0.478. The molecule has 0 saturated carbocycles. The van der Waals surface area contributed by atoms with E-state index in [1.165, 1.54) is 9.80 Å². The van der Waals surface area contributed by atoms with Gasteiger partial charge in [0.25, 0.3) is 0 Å². The third-order valence-corrected chi connectivity index (χ3v) is 7.86. The average Bonchev–Trinajstić information content (AvgIpc) is 3.39. The van der Waals surface area contributed by atoms with Crippen molar-refractivity contribution in [3.8, 4) is 6.19 Å². The van der Waals surface area contributed by atoms with Crippen LogP contribution in [-0.2, 0) is 20.7 Å². The van der Waals surface area contributed by atoms with Gasteiger partial charge in [-0.15, -0.1) is 0 Å². The standard InChI is InChI=1S/C23H22FN7O6/c1-9-6-29-15-12(4-13-16(14(15)24)37-28-18(13)31-10(2)7-36-22(31)35)5-23(17(29)11(3)30(9)8-25)19(32)26-21(34)27-20(23)33/h4,9-11,17H,5-7H2,1-3H3,(H2,26,27,32,33,34)/t9-,10+,11+,17-/m1/s1. The lowest BCUT2D eigenvalue weighted by atomic mass is 9.65. The van der Waals surface area contributed by atoms with Crippen molar-refractivity contribution in [3.05, 3.63) is 17.4 Å². The molecule has 4 atom stereocenters. The number of piperazine rings is 1. The maximum absolute atomic E-state index is 16.2. The van der Waals surface area contributed by atoms with Crippen LogP contribution in [0.2, 0.25) is 0 Å². The highest BCUT2D eigenvalue weighted by Gasteiger charge is 2.64. The quantitative estimate of drug-likeness (QED) is 0.417. The number of urea groups is 1. The number of anilines is 2. The summed E-state index contributed by atoms with van der Waals surface area (Å²) in [6.07, 6.45) is 1.20. The molecule has 3 saturated heterocycles. The van der Waals surface area contributed by atoms with E-state index in [4.69, 9.17) is 9.26 Å². The van der Waals surface area contributed by atoms with E-state index in [0.29, 0.717) is 5.56 Å². The van der Waals surface area contributed by atoms with Crippen LogP contribution in [0.25, 0.3) is 11.0 Å². The molecule has 13 nitrogen and oxygen atoms in total. The number of amides is 5. The molecule has 1 spiro atoms. The molecule has 6 rings (SSSR count). The highest BCUT2D eigenvalue weighted by molar-refractivity contribution is 6.20. The predicted octanol–water partition coefficient (Wildman–Crippen LogP) is 0.969. The van der Waals surface area contributed by atoms with Crippen LogP contribution in [-0.4, -0.2) is 71.3 Å². The second-order valence-electron chi connectivity index (χ2n) is 9.96. The summed E-state index contributed by atoms with van der Waals surface area (Å²) >= 11 is 0. The van der Waals surface area contributed by atoms with Crippen LogP contribution in [0.1, 0.15) is 26.3 Å². The maximum atomic E-state index is 16.2. The number of nitriles is 1. The van der Waals surface area contributed by atoms with Gasteiger partial charge in [0.15, 0.2) is 23.2 Å². The smallest absolute Gasteiger partial charge is 0.416 e. The fourth-order valence-electron chi connectivity index (χ4n) is 6.29. The molecular formula is C23H22FN7O6. The van der Waals surface area contributed by atoms with Crippen LogP contribution in [0, 0.1) is 22.7 Å². The number of hydrogen-bond acceptors (Lipinski definition) is 10. The zero-order valence-electron chi connectivity index (χ0n) is 20.1. The van der Waals surface area contributed by atoms with E-state index >= 15 is 4.39 Å². The number of aromatic nitrogens is 1. The first-order valence-electron chi connectivity index (χ1n) is 11.8. The third kappa shape index (κ3) is 2.85. The number of carbonyl (C=O) groups excluding carboxylic acids is 4. The zero-order valence-corrected chi connectivity index (χ0v) is 20.1.